The van der Waals surface area contributed by atoms with Gasteiger partial charge >= 0.3 is 0 Å². The zero-order chi connectivity index (χ0) is 18.1. The third kappa shape index (κ3) is 3.60. The minimum Gasteiger partial charge on any atom is -0.507 e. The summed E-state index contributed by atoms with van der Waals surface area (Å²) in [5.41, 5.74) is 3.43. The summed E-state index contributed by atoms with van der Waals surface area (Å²) in [6.07, 6.45) is 1.66. The predicted molar refractivity (Wildman–Crippen MR) is 99.3 cm³/mol. The van der Waals surface area contributed by atoms with E-state index in [0.29, 0.717) is 22.4 Å². The molecule has 0 aliphatic carbocycles. The van der Waals surface area contributed by atoms with E-state index in [4.69, 9.17) is 0 Å². The zero-order valence-electron chi connectivity index (χ0n) is 14.8. The van der Waals surface area contributed by atoms with E-state index in [1.54, 1.807) is 12.3 Å². The van der Waals surface area contributed by atoms with Crippen LogP contribution in [0.2, 0.25) is 0 Å². The number of phenols is 1. The molecular formula is C20H21N3O2. The summed E-state index contributed by atoms with van der Waals surface area (Å²) >= 11 is 0. The SMILES string of the molecule is Cc1cc(C)cc(C(=O)c2cc3cnc(NC(C)C)nc3cc2O)c1. The highest BCUT2D eigenvalue weighted by molar-refractivity contribution is 6.12. The molecule has 128 valence electrons. The molecule has 1 aromatic heterocycles. The highest BCUT2D eigenvalue weighted by Crippen LogP contribution is 2.27. The molecule has 5 heteroatoms. The third-order valence-electron chi connectivity index (χ3n) is 3.84. The highest BCUT2D eigenvalue weighted by atomic mass is 16.3. The van der Waals surface area contributed by atoms with E-state index in [-0.39, 0.29) is 23.1 Å². The maximum atomic E-state index is 12.8. The van der Waals surface area contributed by atoms with Gasteiger partial charge in [0.15, 0.2) is 5.78 Å². The number of rotatable bonds is 4. The van der Waals surface area contributed by atoms with Gasteiger partial charge in [-0.25, -0.2) is 9.97 Å². The van der Waals surface area contributed by atoms with Crippen molar-refractivity contribution >= 4 is 22.6 Å². The summed E-state index contributed by atoms with van der Waals surface area (Å²) in [6.45, 7) is 7.88. The van der Waals surface area contributed by atoms with Crippen LogP contribution < -0.4 is 5.32 Å². The molecule has 2 N–H and O–H groups in total. The number of nitrogens with zero attached hydrogens (tertiary/aromatic N) is 2. The summed E-state index contributed by atoms with van der Waals surface area (Å²) in [6, 6.07) is 9.02. The second-order valence-corrected chi connectivity index (χ2v) is 6.63. The maximum absolute atomic E-state index is 12.8. The number of nitrogens with one attached hydrogen (secondary N) is 1. The van der Waals surface area contributed by atoms with Gasteiger partial charge in [-0.3, -0.25) is 4.79 Å². The van der Waals surface area contributed by atoms with Gasteiger partial charge in [0.2, 0.25) is 5.95 Å². The number of fused-ring (bicyclic) bond motifs is 1. The van der Waals surface area contributed by atoms with Gasteiger partial charge < -0.3 is 10.4 Å². The minimum absolute atomic E-state index is 0.0779. The molecule has 0 bridgehead atoms. The lowest BCUT2D eigenvalue weighted by Crippen LogP contribution is -2.12. The molecule has 0 saturated carbocycles. The summed E-state index contributed by atoms with van der Waals surface area (Å²) in [5.74, 6) is 0.205. The number of carbonyl (C=O) groups is 1. The van der Waals surface area contributed by atoms with Crippen molar-refractivity contribution < 1.29 is 9.90 Å². The maximum Gasteiger partial charge on any atom is 0.223 e. The second-order valence-electron chi connectivity index (χ2n) is 6.63. The second kappa shape index (κ2) is 6.51. The molecule has 0 radical (unpaired) electrons. The molecule has 0 atom stereocenters. The smallest absolute Gasteiger partial charge is 0.223 e. The Kier molecular flexibility index (Phi) is 4.40. The van der Waals surface area contributed by atoms with Crippen molar-refractivity contribution in [2.75, 3.05) is 5.32 Å². The molecular weight excluding hydrogens is 314 g/mol. The van der Waals surface area contributed by atoms with Crippen molar-refractivity contribution in [3.05, 3.63) is 58.8 Å². The molecule has 0 spiro atoms. The number of hydrogen-bond acceptors (Lipinski definition) is 5. The molecule has 0 amide bonds. The first kappa shape index (κ1) is 16.9. The Morgan fingerprint density at radius 2 is 1.76 bits per heavy atom. The molecule has 1 heterocycles. The van der Waals surface area contributed by atoms with E-state index < -0.39 is 0 Å². The van der Waals surface area contributed by atoms with Crippen LogP contribution in [0.15, 0.2) is 36.5 Å². The van der Waals surface area contributed by atoms with Crippen LogP contribution in [-0.4, -0.2) is 26.9 Å². The highest BCUT2D eigenvalue weighted by Gasteiger charge is 2.16. The van der Waals surface area contributed by atoms with Crippen LogP contribution in [-0.2, 0) is 0 Å². The fourth-order valence-corrected chi connectivity index (χ4v) is 2.84. The van der Waals surface area contributed by atoms with E-state index >= 15 is 0 Å². The van der Waals surface area contributed by atoms with Crippen molar-refractivity contribution in [3.8, 4) is 5.75 Å². The van der Waals surface area contributed by atoms with Gasteiger partial charge in [0.25, 0.3) is 0 Å². The van der Waals surface area contributed by atoms with Crippen LogP contribution in [0.4, 0.5) is 5.95 Å². The molecule has 0 saturated heterocycles. The van der Waals surface area contributed by atoms with Crippen molar-refractivity contribution in [1.82, 2.24) is 9.97 Å². The Balaban J connectivity index is 2.04. The van der Waals surface area contributed by atoms with Crippen molar-refractivity contribution in [2.45, 2.75) is 33.7 Å². The van der Waals surface area contributed by atoms with Gasteiger partial charge in [-0.15, -0.1) is 0 Å². The number of aromatic hydroxyl groups is 1. The minimum atomic E-state index is -0.212. The van der Waals surface area contributed by atoms with E-state index in [9.17, 15) is 9.90 Å². The number of benzene rings is 2. The van der Waals surface area contributed by atoms with E-state index in [1.165, 1.54) is 6.07 Å². The molecule has 0 fully saturated rings. The number of hydrogen-bond donors (Lipinski definition) is 2. The molecule has 2 aromatic carbocycles. The van der Waals surface area contributed by atoms with Crippen LogP contribution in [0.3, 0.4) is 0 Å². The number of carbonyl (C=O) groups excluding carboxylic acids is 1. The van der Waals surface area contributed by atoms with E-state index in [1.807, 2.05) is 45.9 Å². The van der Waals surface area contributed by atoms with Crippen LogP contribution in [0.5, 0.6) is 5.75 Å². The normalized spacial score (nSPS) is 11.1. The first-order valence-electron chi connectivity index (χ1n) is 8.23. The lowest BCUT2D eigenvalue weighted by Gasteiger charge is -2.10. The average Bonchev–Trinajstić information content (AvgIpc) is 2.52. The van der Waals surface area contributed by atoms with Gasteiger partial charge in [0, 0.05) is 29.3 Å². The standard InChI is InChI=1S/C20H21N3O2/c1-11(2)22-20-21-10-15-8-16(18(24)9-17(15)23-20)19(25)14-6-12(3)5-13(4)7-14/h5-11,24H,1-4H3,(H,21,22,23). The summed E-state index contributed by atoms with van der Waals surface area (Å²) in [7, 11) is 0. The van der Waals surface area contributed by atoms with Crippen molar-refractivity contribution in [3.63, 3.8) is 0 Å². The molecule has 0 aliphatic rings. The summed E-state index contributed by atoms with van der Waals surface area (Å²) in [4.78, 5) is 21.5. The quantitative estimate of drug-likeness (QED) is 0.705. The first-order valence-corrected chi connectivity index (χ1v) is 8.23. The van der Waals surface area contributed by atoms with Gasteiger partial charge in [0.05, 0.1) is 11.1 Å². The Morgan fingerprint density at radius 1 is 1.08 bits per heavy atom. The Hall–Kier alpha value is -2.95. The Labute approximate surface area is 146 Å². The molecule has 5 nitrogen and oxygen atoms in total. The van der Waals surface area contributed by atoms with Gasteiger partial charge in [0.1, 0.15) is 5.75 Å². The van der Waals surface area contributed by atoms with E-state index in [2.05, 4.69) is 15.3 Å². The monoisotopic (exact) mass is 335 g/mol. The average molecular weight is 335 g/mol. The summed E-state index contributed by atoms with van der Waals surface area (Å²) < 4.78 is 0. The summed E-state index contributed by atoms with van der Waals surface area (Å²) in [5, 5.41) is 14.2. The fraction of sp³-hybridized carbons (Fsp3) is 0.250. The van der Waals surface area contributed by atoms with Crippen LogP contribution in [0, 0.1) is 13.8 Å². The number of ketones is 1. The first-order chi connectivity index (χ1) is 11.8. The third-order valence-corrected chi connectivity index (χ3v) is 3.84. The Morgan fingerprint density at radius 3 is 2.40 bits per heavy atom. The molecule has 0 aliphatic heterocycles. The van der Waals surface area contributed by atoms with Crippen molar-refractivity contribution in [1.29, 1.82) is 0 Å². The largest absolute Gasteiger partial charge is 0.507 e. The number of phenolic OH excluding ortho intramolecular Hbond substituents is 1. The topological polar surface area (TPSA) is 75.1 Å². The fourth-order valence-electron chi connectivity index (χ4n) is 2.84. The molecule has 3 rings (SSSR count). The Bertz CT molecular complexity index is 944. The lowest BCUT2D eigenvalue weighted by atomic mass is 9.98. The number of anilines is 1. The lowest BCUT2D eigenvalue weighted by molar-refractivity contribution is 0.103. The van der Waals surface area contributed by atoms with Crippen LogP contribution >= 0.6 is 0 Å². The number of aromatic nitrogens is 2. The van der Waals surface area contributed by atoms with Gasteiger partial charge in [-0.05, 0) is 45.9 Å². The van der Waals surface area contributed by atoms with Gasteiger partial charge in [-0.1, -0.05) is 17.2 Å². The number of aryl methyl sites for hydroxylation is 2. The predicted octanol–water partition coefficient (Wildman–Crippen LogP) is 4.00. The molecule has 3 aromatic rings. The van der Waals surface area contributed by atoms with Crippen molar-refractivity contribution in [2.24, 2.45) is 0 Å². The molecule has 25 heavy (non-hydrogen) atoms. The van der Waals surface area contributed by atoms with E-state index in [0.717, 1.165) is 11.1 Å². The molecule has 0 unspecified atom stereocenters. The van der Waals surface area contributed by atoms with Crippen LogP contribution in [0.1, 0.15) is 40.9 Å². The van der Waals surface area contributed by atoms with Crippen LogP contribution in [0.25, 0.3) is 10.9 Å². The zero-order valence-corrected chi connectivity index (χ0v) is 14.8. The van der Waals surface area contributed by atoms with Gasteiger partial charge in [-0.2, -0.15) is 0 Å².